The van der Waals surface area contributed by atoms with Gasteiger partial charge in [-0.1, -0.05) is 13.8 Å². The number of benzene rings is 1. The molecule has 2 N–H and O–H groups in total. The van der Waals surface area contributed by atoms with Crippen LogP contribution in [0.1, 0.15) is 43.7 Å². The molecule has 3 saturated carbocycles. The summed E-state index contributed by atoms with van der Waals surface area (Å²) in [6.45, 7) is 4.16. The van der Waals surface area contributed by atoms with Crippen LogP contribution in [-0.4, -0.2) is 29.1 Å². The minimum Gasteiger partial charge on any atom is -0.508 e. The largest absolute Gasteiger partial charge is 0.508 e. The molecule has 1 aromatic carbocycles. The molecule has 1 aromatic rings. The number of carbonyl (C=O) groups is 2. The average molecular weight is 318 g/mol. The zero-order chi connectivity index (χ0) is 16.9. The van der Waals surface area contributed by atoms with E-state index in [0.29, 0.717) is 17.5 Å². The van der Waals surface area contributed by atoms with Crippen molar-refractivity contribution < 1.29 is 24.5 Å². The average Bonchev–Trinajstić information content (AvgIpc) is 2.45. The van der Waals surface area contributed by atoms with Crippen LogP contribution in [0.5, 0.6) is 11.5 Å². The number of ether oxygens (including phenoxy) is 1. The molecular formula is C18H22O5. The first-order valence-corrected chi connectivity index (χ1v) is 7.90. The molecule has 3 aliphatic rings. The van der Waals surface area contributed by atoms with Crippen molar-refractivity contribution in [3.8, 4) is 11.5 Å². The Bertz CT molecular complexity index is 653. The molecule has 2 bridgehead atoms. The molecule has 4 rings (SSSR count). The van der Waals surface area contributed by atoms with E-state index in [2.05, 4.69) is 18.6 Å². The third kappa shape index (κ3) is 2.38. The number of hydrogen-bond donors (Lipinski definition) is 2. The van der Waals surface area contributed by atoms with Crippen LogP contribution in [0, 0.1) is 17.3 Å². The summed E-state index contributed by atoms with van der Waals surface area (Å²) in [5, 5.41) is 20.8. The highest BCUT2D eigenvalue weighted by Crippen LogP contribution is 2.64. The van der Waals surface area contributed by atoms with Crippen LogP contribution >= 0.6 is 0 Å². The second-order valence-corrected chi connectivity index (χ2v) is 7.29. The SMILES string of the molecule is COC(=O)Cc1cc(O)c([C@@H]2CC(=O)[C@@H]3CC2C3(C)C)c(O)c1. The number of Topliss-reactive ketones (excluding diaryl/α,β-unsaturated/α-hetero) is 1. The standard InChI is InChI=1S/C18H22O5/c1-18(2)11-8-12(18)13(19)7-10(11)17-14(20)4-9(5-15(17)21)6-16(22)23-3/h4-5,10-12,20-21H,6-8H2,1-3H3/t10-,11?,12+/m1/s1. The van der Waals surface area contributed by atoms with E-state index in [4.69, 9.17) is 0 Å². The maximum Gasteiger partial charge on any atom is 0.309 e. The van der Waals surface area contributed by atoms with Crippen LogP contribution in [0.2, 0.25) is 0 Å². The number of hydrogen-bond acceptors (Lipinski definition) is 5. The van der Waals surface area contributed by atoms with Gasteiger partial charge in [0.15, 0.2) is 0 Å². The maximum atomic E-state index is 12.3. The van der Waals surface area contributed by atoms with E-state index in [0.717, 1.165) is 6.42 Å². The quantitative estimate of drug-likeness (QED) is 0.837. The Balaban J connectivity index is 1.94. The smallest absolute Gasteiger partial charge is 0.309 e. The van der Waals surface area contributed by atoms with Gasteiger partial charge < -0.3 is 14.9 Å². The summed E-state index contributed by atoms with van der Waals surface area (Å²) in [5.41, 5.74) is 0.829. The highest BCUT2D eigenvalue weighted by Gasteiger charge is 2.59. The number of carbonyl (C=O) groups excluding carboxylic acids is 2. The predicted octanol–water partition coefficient (Wildman–Crippen LogP) is 2.53. The first kappa shape index (κ1) is 15.8. The molecule has 3 atom stereocenters. The number of phenols is 2. The molecule has 3 aliphatic carbocycles. The fraction of sp³-hybridized carbons (Fsp3) is 0.556. The van der Waals surface area contributed by atoms with E-state index in [1.807, 2.05) is 0 Å². The fourth-order valence-corrected chi connectivity index (χ4v) is 4.39. The van der Waals surface area contributed by atoms with Crippen molar-refractivity contribution in [1.29, 1.82) is 0 Å². The van der Waals surface area contributed by atoms with Crippen LogP contribution in [0.25, 0.3) is 0 Å². The van der Waals surface area contributed by atoms with Gasteiger partial charge in [0.2, 0.25) is 0 Å². The van der Waals surface area contributed by atoms with Gasteiger partial charge in [-0.05, 0) is 35.4 Å². The lowest BCUT2D eigenvalue weighted by Gasteiger charge is -2.59. The Morgan fingerprint density at radius 2 is 1.91 bits per heavy atom. The zero-order valence-corrected chi connectivity index (χ0v) is 13.6. The first-order valence-electron chi connectivity index (χ1n) is 7.90. The summed E-state index contributed by atoms with van der Waals surface area (Å²) in [4.78, 5) is 23.6. The van der Waals surface area contributed by atoms with E-state index in [-0.39, 0.29) is 46.9 Å². The number of aromatic hydroxyl groups is 2. The van der Waals surface area contributed by atoms with E-state index in [1.165, 1.54) is 19.2 Å². The predicted molar refractivity (Wildman–Crippen MR) is 83.2 cm³/mol. The zero-order valence-electron chi connectivity index (χ0n) is 13.6. The van der Waals surface area contributed by atoms with Gasteiger partial charge in [0.05, 0.1) is 13.5 Å². The summed E-state index contributed by atoms with van der Waals surface area (Å²) in [6.07, 6.45) is 1.16. The van der Waals surface area contributed by atoms with E-state index in [1.54, 1.807) is 0 Å². The Kier molecular flexibility index (Phi) is 3.62. The molecule has 0 spiro atoms. The highest BCUT2D eigenvalue weighted by molar-refractivity contribution is 5.86. The second kappa shape index (κ2) is 5.25. The number of ketones is 1. The van der Waals surface area contributed by atoms with Crippen LogP contribution in [0.4, 0.5) is 0 Å². The highest BCUT2D eigenvalue weighted by atomic mass is 16.5. The van der Waals surface area contributed by atoms with Crippen LogP contribution < -0.4 is 0 Å². The van der Waals surface area contributed by atoms with Crippen LogP contribution in [0.15, 0.2) is 12.1 Å². The van der Waals surface area contributed by atoms with Crippen LogP contribution in [-0.2, 0) is 20.7 Å². The van der Waals surface area contributed by atoms with E-state index < -0.39 is 5.97 Å². The minimum absolute atomic E-state index is 0.0154. The summed E-state index contributed by atoms with van der Waals surface area (Å²) < 4.78 is 4.60. The molecule has 1 unspecified atom stereocenters. The number of rotatable bonds is 3. The number of fused-ring (bicyclic) bond motifs is 2. The lowest BCUT2D eigenvalue weighted by atomic mass is 9.44. The summed E-state index contributed by atoms with van der Waals surface area (Å²) in [7, 11) is 1.29. The van der Waals surface area contributed by atoms with Gasteiger partial charge in [0.25, 0.3) is 0 Å². The molecule has 3 fully saturated rings. The monoisotopic (exact) mass is 318 g/mol. The molecule has 0 aliphatic heterocycles. The molecule has 0 heterocycles. The van der Waals surface area contributed by atoms with Crippen molar-refractivity contribution in [2.24, 2.45) is 17.3 Å². The molecule has 5 heteroatoms. The topological polar surface area (TPSA) is 83.8 Å². The molecule has 124 valence electrons. The normalized spacial score (nSPS) is 28.1. The van der Waals surface area contributed by atoms with E-state index in [9.17, 15) is 19.8 Å². The molecular weight excluding hydrogens is 296 g/mol. The van der Waals surface area contributed by atoms with Crippen molar-refractivity contribution in [3.63, 3.8) is 0 Å². The first-order chi connectivity index (χ1) is 10.8. The maximum absolute atomic E-state index is 12.3. The Labute approximate surface area is 135 Å². The lowest BCUT2D eigenvalue weighted by molar-refractivity contribution is -0.151. The summed E-state index contributed by atoms with van der Waals surface area (Å²) >= 11 is 0. The van der Waals surface area contributed by atoms with Gasteiger partial charge in [-0.25, -0.2) is 0 Å². The van der Waals surface area contributed by atoms with Crippen molar-refractivity contribution >= 4 is 11.8 Å². The van der Waals surface area contributed by atoms with Gasteiger partial charge in [-0.2, -0.15) is 0 Å². The summed E-state index contributed by atoms with van der Waals surface area (Å²) in [6, 6.07) is 2.96. The minimum atomic E-state index is -0.438. The van der Waals surface area contributed by atoms with Crippen molar-refractivity contribution in [2.75, 3.05) is 7.11 Å². The Morgan fingerprint density at radius 3 is 2.39 bits per heavy atom. The molecule has 0 radical (unpaired) electrons. The van der Waals surface area contributed by atoms with Crippen molar-refractivity contribution in [3.05, 3.63) is 23.3 Å². The molecule has 23 heavy (non-hydrogen) atoms. The Morgan fingerprint density at radius 1 is 1.30 bits per heavy atom. The molecule has 0 saturated heterocycles. The van der Waals surface area contributed by atoms with E-state index >= 15 is 0 Å². The fourth-order valence-electron chi connectivity index (χ4n) is 4.39. The van der Waals surface area contributed by atoms with Crippen molar-refractivity contribution in [1.82, 2.24) is 0 Å². The molecule has 0 aromatic heterocycles. The van der Waals surface area contributed by atoms with Crippen LogP contribution in [0.3, 0.4) is 0 Å². The Hall–Kier alpha value is -2.04. The third-order valence-corrected chi connectivity index (χ3v) is 5.78. The van der Waals surface area contributed by atoms with Gasteiger partial charge >= 0.3 is 5.97 Å². The second-order valence-electron chi connectivity index (χ2n) is 7.29. The number of phenolic OH excluding ortho intramolecular Hbond substituents is 2. The van der Waals surface area contributed by atoms with Gasteiger partial charge in [0.1, 0.15) is 17.3 Å². The van der Waals surface area contributed by atoms with Crippen molar-refractivity contribution in [2.45, 2.75) is 39.0 Å². The third-order valence-electron chi connectivity index (χ3n) is 5.78. The van der Waals surface area contributed by atoms with Gasteiger partial charge in [-0.15, -0.1) is 0 Å². The van der Waals surface area contributed by atoms with Gasteiger partial charge in [0, 0.05) is 23.8 Å². The number of esters is 1. The summed E-state index contributed by atoms with van der Waals surface area (Å²) in [5.74, 6) is -0.132. The van der Waals surface area contributed by atoms with Gasteiger partial charge in [-0.3, -0.25) is 9.59 Å². The number of methoxy groups -OCH3 is 1. The molecule has 5 nitrogen and oxygen atoms in total. The molecule has 0 amide bonds. The lowest BCUT2D eigenvalue weighted by Crippen LogP contribution is -2.56.